The molecule has 166 valence electrons. The lowest BCUT2D eigenvalue weighted by atomic mass is 9.98. The molecule has 1 atom stereocenters. The largest absolute Gasteiger partial charge is 0.516 e. The van der Waals surface area contributed by atoms with Gasteiger partial charge in [-0.05, 0) is 39.9 Å². The van der Waals surface area contributed by atoms with Crippen LogP contribution in [-0.2, 0) is 20.7 Å². The number of carbonyl (C=O) groups excluding carboxylic acids is 2. The van der Waals surface area contributed by atoms with Crippen molar-refractivity contribution in [1.29, 1.82) is 0 Å². The van der Waals surface area contributed by atoms with Gasteiger partial charge in [0, 0.05) is 34.5 Å². The number of aromatic amines is 1. The molecule has 33 heavy (non-hydrogen) atoms. The third-order valence-corrected chi connectivity index (χ3v) is 6.22. The first-order chi connectivity index (χ1) is 16.0. The summed E-state index contributed by atoms with van der Waals surface area (Å²) in [4.78, 5) is 27.7. The fourth-order valence-electron chi connectivity index (χ4n) is 4.43. The molecular formula is C26H21ClN2O4. The number of esters is 1. The Morgan fingerprint density at radius 1 is 1.00 bits per heavy atom. The summed E-state index contributed by atoms with van der Waals surface area (Å²) < 4.78 is 10.2. The van der Waals surface area contributed by atoms with Crippen molar-refractivity contribution in [2.24, 2.45) is 5.73 Å². The van der Waals surface area contributed by atoms with Crippen molar-refractivity contribution in [3.8, 4) is 11.1 Å². The highest BCUT2D eigenvalue weighted by molar-refractivity contribution is 6.31. The zero-order chi connectivity index (χ0) is 22.9. The maximum Gasteiger partial charge on any atom is 0.516 e. The van der Waals surface area contributed by atoms with E-state index in [1.807, 2.05) is 54.6 Å². The van der Waals surface area contributed by atoms with Crippen LogP contribution in [0.5, 0.6) is 0 Å². The third kappa shape index (κ3) is 4.11. The Labute approximate surface area is 195 Å². The van der Waals surface area contributed by atoms with Gasteiger partial charge in [0.15, 0.2) is 0 Å². The Balaban J connectivity index is 1.21. The minimum Gasteiger partial charge on any atom is -0.433 e. The predicted octanol–water partition coefficient (Wildman–Crippen LogP) is 5.18. The Morgan fingerprint density at radius 2 is 1.67 bits per heavy atom. The van der Waals surface area contributed by atoms with Crippen LogP contribution in [0.2, 0.25) is 5.02 Å². The van der Waals surface area contributed by atoms with Crippen molar-refractivity contribution in [1.82, 2.24) is 4.98 Å². The highest BCUT2D eigenvalue weighted by Crippen LogP contribution is 2.44. The maximum absolute atomic E-state index is 12.4. The normalized spacial score (nSPS) is 13.4. The minimum absolute atomic E-state index is 0.0680. The van der Waals surface area contributed by atoms with Gasteiger partial charge in [0.25, 0.3) is 0 Å². The van der Waals surface area contributed by atoms with E-state index in [1.165, 1.54) is 0 Å². The quantitative estimate of drug-likeness (QED) is 0.316. The van der Waals surface area contributed by atoms with Gasteiger partial charge >= 0.3 is 12.1 Å². The number of aromatic nitrogens is 1. The molecule has 3 aromatic carbocycles. The first kappa shape index (κ1) is 21.2. The summed E-state index contributed by atoms with van der Waals surface area (Å²) in [5.41, 5.74) is 12.1. The molecule has 6 nitrogen and oxygen atoms in total. The lowest BCUT2D eigenvalue weighted by Gasteiger charge is -2.14. The Morgan fingerprint density at radius 3 is 2.36 bits per heavy atom. The third-order valence-electron chi connectivity index (χ3n) is 5.99. The van der Waals surface area contributed by atoms with Crippen molar-refractivity contribution in [2.75, 3.05) is 6.61 Å². The maximum atomic E-state index is 12.4. The zero-order valence-electron chi connectivity index (χ0n) is 17.6. The fraction of sp³-hybridized carbons (Fsp3) is 0.154. The number of fused-ring (bicyclic) bond motifs is 4. The molecule has 1 aliphatic rings. The number of ether oxygens (including phenoxy) is 2. The van der Waals surface area contributed by atoms with Crippen LogP contribution < -0.4 is 5.73 Å². The minimum atomic E-state index is -1.05. The topological polar surface area (TPSA) is 94.4 Å². The lowest BCUT2D eigenvalue weighted by molar-refractivity contribution is -0.141. The Bertz CT molecular complexity index is 1320. The summed E-state index contributed by atoms with van der Waals surface area (Å²) in [6, 6.07) is 20.4. The average Bonchev–Trinajstić information content (AvgIpc) is 3.36. The summed E-state index contributed by atoms with van der Waals surface area (Å²) in [7, 11) is 0. The van der Waals surface area contributed by atoms with Crippen molar-refractivity contribution >= 4 is 34.6 Å². The van der Waals surface area contributed by atoms with Gasteiger partial charge in [-0.2, -0.15) is 0 Å². The smallest absolute Gasteiger partial charge is 0.433 e. The summed E-state index contributed by atoms with van der Waals surface area (Å²) in [5.74, 6) is -0.956. The number of hydrogen-bond acceptors (Lipinski definition) is 5. The van der Waals surface area contributed by atoms with Gasteiger partial charge in [-0.3, -0.25) is 0 Å². The van der Waals surface area contributed by atoms with E-state index in [0.29, 0.717) is 5.02 Å². The monoisotopic (exact) mass is 460 g/mol. The molecule has 7 heteroatoms. The van der Waals surface area contributed by atoms with Gasteiger partial charge in [-0.15, -0.1) is 0 Å². The number of carbonyl (C=O) groups is 2. The summed E-state index contributed by atoms with van der Waals surface area (Å²) >= 11 is 6.00. The van der Waals surface area contributed by atoms with Gasteiger partial charge in [-0.25, -0.2) is 9.59 Å². The second-order valence-corrected chi connectivity index (χ2v) is 8.46. The van der Waals surface area contributed by atoms with E-state index in [2.05, 4.69) is 4.98 Å². The number of hydrogen-bond donors (Lipinski definition) is 2. The second kappa shape index (κ2) is 8.73. The van der Waals surface area contributed by atoms with E-state index < -0.39 is 18.2 Å². The number of halogens is 1. The SMILES string of the molecule is N[C@@H](Cc1c[nH]c2cc(Cl)ccc12)C(=O)OC(=O)OCC1c2ccccc2-c2ccccc21. The number of nitrogens with one attached hydrogen (secondary N) is 1. The Kier molecular flexibility index (Phi) is 5.62. The van der Waals surface area contributed by atoms with Gasteiger partial charge in [0.2, 0.25) is 0 Å². The lowest BCUT2D eigenvalue weighted by Crippen LogP contribution is -2.36. The number of H-pyrrole nitrogens is 1. The van der Waals surface area contributed by atoms with Crippen molar-refractivity contribution in [3.63, 3.8) is 0 Å². The molecule has 3 N–H and O–H groups in total. The van der Waals surface area contributed by atoms with E-state index in [1.54, 1.807) is 18.3 Å². The molecule has 0 fully saturated rings. The summed E-state index contributed by atoms with van der Waals surface area (Å²) in [5, 5.41) is 1.51. The van der Waals surface area contributed by atoms with Crippen LogP contribution in [0.1, 0.15) is 22.6 Å². The molecule has 0 saturated carbocycles. The first-order valence-electron chi connectivity index (χ1n) is 10.6. The predicted molar refractivity (Wildman–Crippen MR) is 126 cm³/mol. The summed E-state index contributed by atoms with van der Waals surface area (Å²) in [6.45, 7) is 0.0680. The van der Waals surface area contributed by atoms with Gasteiger partial charge in [-0.1, -0.05) is 66.2 Å². The van der Waals surface area contributed by atoms with Crippen LogP contribution >= 0.6 is 11.6 Å². The molecule has 4 aromatic rings. The molecular weight excluding hydrogens is 440 g/mol. The van der Waals surface area contributed by atoms with E-state index in [0.717, 1.165) is 38.7 Å². The van der Waals surface area contributed by atoms with Crippen LogP contribution in [0.4, 0.5) is 4.79 Å². The number of benzene rings is 3. The van der Waals surface area contributed by atoms with E-state index in [4.69, 9.17) is 26.8 Å². The average molecular weight is 461 g/mol. The molecule has 5 rings (SSSR count). The highest BCUT2D eigenvalue weighted by atomic mass is 35.5. The number of rotatable bonds is 5. The van der Waals surface area contributed by atoms with E-state index >= 15 is 0 Å². The highest BCUT2D eigenvalue weighted by Gasteiger charge is 2.30. The molecule has 1 aliphatic carbocycles. The van der Waals surface area contributed by atoms with Crippen LogP contribution in [0, 0.1) is 0 Å². The number of nitrogens with two attached hydrogens (primary N) is 1. The standard InChI is InChI=1S/C26H21ClN2O4/c27-16-9-10-17-15(13-29-24(17)12-16)11-23(28)25(30)33-26(31)32-14-22-20-7-3-1-5-18(20)19-6-2-4-8-21(19)22/h1-10,12-13,22-23,29H,11,14,28H2/t23-/m0/s1. The molecule has 0 radical (unpaired) electrons. The van der Waals surface area contributed by atoms with Crippen molar-refractivity contribution in [3.05, 3.63) is 94.6 Å². The van der Waals surface area contributed by atoms with Crippen LogP contribution in [0.25, 0.3) is 22.0 Å². The molecule has 0 amide bonds. The molecule has 0 saturated heterocycles. The molecule has 0 unspecified atom stereocenters. The Hall–Kier alpha value is -3.61. The second-order valence-electron chi connectivity index (χ2n) is 8.02. The van der Waals surface area contributed by atoms with E-state index in [9.17, 15) is 9.59 Å². The molecule has 0 bridgehead atoms. The molecule has 0 spiro atoms. The molecule has 1 heterocycles. The van der Waals surface area contributed by atoms with Gasteiger partial charge in [0.05, 0.1) is 0 Å². The fourth-order valence-corrected chi connectivity index (χ4v) is 4.60. The molecule has 1 aromatic heterocycles. The van der Waals surface area contributed by atoms with Crippen molar-refractivity contribution in [2.45, 2.75) is 18.4 Å². The molecule has 0 aliphatic heterocycles. The first-order valence-corrected chi connectivity index (χ1v) is 11.0. The van der Waals surface area contributed by atoms with Crippen molar-refractivity contribution < 1.29 is 19.1 Å². The summed E-state index contributed by atoms with van der Waals surface area (Å²) in [6.07, 6.45) is 0.918. The zero-order valence-corrected chi connectivity index (χ0v) is 18.3. The van der Waals surface area contributed by atoms with Crippen LogP contribution in [0.15, 0.2) is 72.9 Å². The van der Waals surface area contributed by atoms with Gasteiger partial charge in [0.1, 0.15) is 12.6 Å². The van der Waals surface area contributed by atoms with Gasteiger partial charge < -0.3 is 20.2 Å². The van der Waals surface area contributed by atoms with Crippen LogP contribution in [0.3, 0.4) is 0 Å². The van der Waals surface area contributed by atoms with E-state index in [-0.39, 0.29) is 18.9 Å². The van der Waals surface area contributed by atoms with Crippen LogP contribution in [-0.4, -0.2) is 29.8 Å².